The minimum atomic E-state index is -0.278. The van der Waals surface area contributed by atoms with Crippen molar-refractivity contribution in [1.82, 2.24) is 4.98 Å². The molecule has 12 heavy (non-hydrogen) atoms. The zero-order valence-electron chi connectivity index (χ0n) is 6.31. The van der Waals surface area contributed by atoms with Crippen molar-refractivity contribution in [2.24, 2.45) is 0 Å². The third-order valence-electron chi connectivity index (χ3n) is 0. The van der Waals surface area contributed by atoms with Gasteiger partial charge in [-0.15, -0.1) is 0 Å². The number of hydrogen-bond donors (Lipinski definition) is 1. The van der Waals surface area contributed by atoms with Gasteiger partial charge in [0.05, 0.1) is 10.4 Å². The zero-order chi connectivity index (χ0) is 10.3. The Kier molecular flexibility index (Phi) is 124. The Hall–Kier alpha value is 2.29. The molecule has 0 aliphatic carbocycles. The van der Waals surface area contributed by atoms with Crippen molar-refractivity contribution < 1.29 is 14.5 Å². The van der Waals surface area contributed by atoms with Crippen molar-refractivity contribution in [3.05, 3.63) is 0 Å². The summed E-state index contributed by atoms with van der Waals surface area (Å²) in [6.07, 6.45) is 0. The van der Waals surface area contributed by atoms with Crippen LogP contribution < -0.4 is 4.98 Å². The first-order valence-corrected chi connectivity index (χ1v) is 16.6. The van der Waals surface area contributed by atoms with Gasteiger partial charge < -0.3 is 14.6 Å². The van der Waals surface area contributed by atoms with Crippen LogP contribution in [-0.2, 0) is 14.5 Å². The summed E-state index contributed by atoms with van der Waals surface area (Å²) in [6, 6.07) is 0. The molecule has 3 nitrogen and oxygen atoms in total. The fraction of sp³-hybridized carbons (Fsp3) is 0.500. The van der Waals surface area contributed by atoms with Gasteiger partial charge in [-0.3, -0.25) is 0 Å². The van der Waals surface area contributed by atoms with Gasteiger partial charge in [-0.1, -0.05) is 7.43 Å². The van der Waals surface area contributed by atoms with Gasteiger partial charge >= 0.3 is 64.9 Å². The molecule has 0 rings (SSSR count). The third kappa shape index (κ3) is 298. The molecule has 78 valence electrons. The Morgan fingerprint density at radius 1 is 1.17 bits per heavy atom. The zero-order valence-corrected chi connectivity index (χ0v) is 16.2. The fourth-order valence-corrected chi connectivity index (χ4v) is 0. The van der Waals surface area contributed by atoms with E-state index in [0.717, 1.165) is 10.4 Å². The molecule has 0 fully saturated rings. The van der Waals surface area contributed by atoms with E-state index in [9.17, 15) is 0 Å². The van der Waals surface area contributed by atoms with Crippen LogP contribution >= 0.6 is 59.9 Å². The van der Waals surface area contributed by atoms with Crippen LogP contribution in [0.15, 0.2) is 0 Å². The first-order valence-electron chi connectivity index (χ1n) is 2.08. The SMILES string of the molecule is C.C=O.C=O.CN[SiH3].[I][V]([I])[I]. The molecule has 0 aromatic rings. The maximum absolute atomic E-state index is 8.00. The van der Waals surface area contributed by atoms with E-state index in [0.29, 0.717) is 0 Å². The Balaban J connectivity index is -0.0000000186. The van der Waals surface area contributed by atoms with E-state index >= 15 is 0 Å². The molecule has 0 amide bonds. The Morgan fingerprint density at radius 2 is 1.17 bits per heavy atom. The van der Waals surface area contributed by atoms with E-state index in [-0.39, 0.29) is 12.3 Å². The van der Waals surface area contributed by atoms with Gasteiger partial charge in [-0.25, -0.2) is 0 Å². The van der Waals surface area contributed by atoms with Crippen LogP contribution in [0.2, 0.25) is 0 Å². The van der Waals surface area contributed by atoms with E-state index in [1.54, 1.807) is 0 Å². The summed E-state index contributed by atoms with van der Waals surface area (Å²) in [5.74, 6) is 0. The molecule has 1 N–H and O–H groups in total. The van der Waals surface area contributed by atoms with Gasteiger partial charge in [-0.05, 0) is 7.05 Å². The van der Waals surface area contributed by atoms with Crippen molar-refractivity contribution in [3.8, 4) is 0 Å². The second-order valence-corrected chi connectivity index (χ2v) is 37.1. The number of hydrogen-bond acceptors (Lipinski definition) is 3. The number of carbonyl (C=O) groups is 2. The third-order valence-corrected chi connectivity index (χ3v) is 0. The Bertz CT molecular complexity index is 52.5. The van der Waals surface area contributed by atoms with Gasteiger partial charge in [-0.2, -0.15) is 0 Å². The quantitative estimate of drug-likeness (QED) is 0.355. The summed E-state index contributed by atoms with van der Waals surface area (Å²) >= 11 is 7.39. The first kappa shape index (κ1) is 29.2. The molecule has 0 aliphatic heterocycles. The topological polar surface area (TPSA) is 46.2 Å². The second kappa shape index (κ2) is 50.7. The van der Waals surface area contributed by atoms with Crippen LogP contribution in [0.25, 0.3) is 0 Å². The van der Waals surface area contributed by atoms with Gasteiger partial charge in [0.15, 0.2) is 0 Å². The van der Waals surface area contributed by atoms with E-state index in [2.05, 4.69) is 64.9 Å². The number of halogens is 3. The fourth-order valence-electron chi connectivity index (χ4n) is 0. The molecule has 0 unspecified atom stereocenters. The molecule has 0 heterocycles. The molecule has 0 radical (unpaired) electrons. The van der Waals surface area contributed by atoms with Gasteiger partial charge in [0.2, 0.25) is 0 Å². The van der Waals surface area contributed by atoms with E-state index in [4.69, 9.17) is 9.59 Å². The maximum atomic E-state index is 8.00. The molecule has 0 bridgehead atoms. The average molecular weight is 569 g/mol. The summed E-state index contributed by atoms with van der Waals surface area (Å²) in [5, 5.41) is 0. The van der Waals surface area contributed by atoms with E-state index in [1.165, 1.54) is 0 Å². The predicted molar refractivity (Wildman–Crippen MR) is 82.0 cm³/mol. The Labute approximate surface area is 116 Å². The average Bonchev–Trinajstić information content (AvgIpc) is 1.96. The van der Waals surface area contributed by atoms with Crippen molar-refractivity contribution in [2.45, 2.75) is 7.43 Å². The standard InChI is InChI=1S/CH7NSi.2CH2O.CH4.3HI.V/c1-2-3;2*1-2;;;;;/h2H,1,3H3;2*1H2;1H4;3*1H;/q;;;;;;;+3/p-3. The molecule has 0 saturated heterocycles. The summed E-state index contributed by atoms with van der Waals surface area (Å²) in [6.45, 7) is 4.00. The molecule has 0 atom stereocenters. The molecule has 0 spiro atoms. The van der Waals surface area contributed by atoms with Crippen LogP contribution in [0.3, 0.4) is 0 Å². The van der Waals surface area contributed by atoms with Crippen molar-refractivity contribution in [3.63, 3.8) is 0 Å². The van der Waals surface area contributed by atoms with E-state index in [1.807, 2.05) is 20.6 Å². The summed E-state index contributed by atoms with van der Waals surface area (Å²) in [7, 11) is 3.06. The monoisotopic (exact) mass is 569 g/mol. The summed E-state index contributed by atoms with van der Waals surface area (Å²) in [5.41, 5.74) is 0. The normalized spacial score (nSPS) is 5.42. The van der Waals surface area contributed by atoms with Crippen LogP contribution in [0.4, 0.5) is 0 Å². The van der Waals surface area contributed by atoms with Crippen LogP contribution in [0.5, 0.6) is 0 Å². The van der Waals surface area contributed by atoms with Crippen molar-refractivity contribution in [2.75, 3.05) is 7.05 Å². The molecule has 0 aliphatic rings. The van der Waals surface area contributed by atoms with Gasteiger partial charge in [0.1, 0.15) is 13.6 Å². The number of rotatable bonds is 0. The number of carbonyl (C=O) groups excluding carboxylic acids is 2. The molecule has 0 aromatic carbocycles. The number of nitrogens with one attached hydrogen (secondary N) is 1. The van der Waals surface area contributed by atoms with Gasteiger partial charge in [0.25, 0.3) is 0 Å². The Morgan fingerprint density at radius 3 is 1.17 bits per heavy atom. The van der Waals surface area contributed by atoms with Crippen molar-refractivity contribution >= 4 is 83.9 Å². The summed E-state index contributed by atoms with van der Waals surface area (Å²) < 4.78 is 0. The summed E-state index contributed by atoms with van der Waals surface area (Å²) in [4.78, 5) is 18.6. The van der Waals surface area contributed by atoms with Crippen LogP contribution in [0.1, 0.15) is 7.43 Å². The molecular formula is C4H15I3NO2SiV. The van der Waals surface area contributed by atoms with Crippen LogP contribution in [0, 0.1) is 0 Å². The predicted octanol–water partition coefficient (Wildman–Crippen LogP) is 1.41. The van der Waals surface area contributed by atoms with Gasteiger partial charge in [0, 0.05) is 0 Å². The van der Waals surface area contributed by atoms with Crippen molar-refractivity contribution in [1.29, 1.82) is 0 Å². The molecule has 8 heteroatoms. The van der Waals surface area contributed by atoms with Crippen LogP contribution in [-0.4, -0.2) is 31.0 Å². The minimum absolute atomic E-state index is 0. The molecule has 0 saturated carbocycles. The second-order valence-electron chi connectivity index (χ2n) is 0.692. The van der Waals surface area contributed by atoms with E-state index < -0.39 is 0 Å². The molecular weight excluding hydrogens is 554 g/mol. The first-order chi connectivity index (χ1) is 5.15. The molecule has 0 aromatic heterocycles.